The summed E-state index contributed by atoms with van der Waals surface area (Å²) in [6.45, 7) is 7.37. The van der Waals surface area contributed by atoms with E-state index in [2.05, 4.69) is 4.98 Å². The molecule has 2 aromatic heterocycles. The molecule has 2 heterocycles. The largest absolute Gasteiger partial charge is 0.333 e. The summed E-state index contributed by atoms with van der Waals surface area (Å²) in [6, 6.07) is 8.85. The highest BCUT2D eigenvalue weighted by atomic mass is 16.2. The third kappa shape index (κ3) is 2.93. The number of fused-ring (bicyclic) bond motifs is 1. The number of carbonyl (C=O) groups excluding carboxylic acids is 1. The van der Waals surface area contributed by atoms with Crippen LogP contribution < -0.4 is 11.2 Å². The second kappa shape index (κ2) is 6.64. The fourth-order valence-electron chi connectivity index (χ4n) is 3.09. The molecular weight excluding hydrogens is 344 g/mol. The lowest BCUT2D eigenvalue weighted by Crippen LogP contribution is -2.42. The molecule has 0 amide bonds. The first-order valence-corrected chi connectivity index (χ1v) is 8.99. The van der Waals surface area contributed by atoms with Crippen LogP contribution >= 0.6 is 0 Å². The normalized spacial score (nSPS) is 13.1. The summed E-state index contributed by atoms with van der Waals surface area (Å²) in [5.41, 5.74) is -0.445. The molecule has 142 valence electrons. The molecule has 7 nitrogen and oxygen atoms in total. The number of carbonyl (C=O) groups is 1. The predicted octanol–water partition coefficient (Wildman–Crippen LogP) is 2.58. The quantitative estimate of drug-likeness (QED) is 0.709. The number of rotatable bonds is 4. The van der Waals surface area contributed by atoms with Crippen molar-refractivity contribution in [2.45, 2.75) is 40.2 Å². The van der Waals surface area contributed by atoms with Crippen molar-refractivity contribution in [2.24, 2.45) is 12.5 Å². The molecule has 0 spiro atoms. The van der Waals surface area contributed by atoms with Crippen molar-refractivity contribution in [1.82, 2.24) is 18.7 Å². The van der Waals surface area contributed by atoms with Crippen LogP contribution in [0.4, 0.5) is 0 Å². The lowest BCUT2D eigenvalue weighted by atomic mass is 9.89. The number of hydrogen-bond acceptors (Lipinski definition) is 4. The van der Waals surface area contributed by atoms with Crippen molar-refractivity contribution in [3.8, 4) is 0 Å². The van der Waals surface area contributed by atoms with Crippen LogP contribution in [0.15, 0.2) is 46.2 Å². The van der Waals surface area contributed by atoms with Crippen LogP contribution in [0.25, 0.3) is 11.2 Å². The third-order valence-corrected chi connectivity index (χ3v) is 5.33. The average Bonchev–Trinajstić information content (AvgIpc) is 3.11. The van der Waals surface area contributed by atoms with Crippen LogP contribution in [0.5, 0.6) is 0 Å². The van der Waals surface area contributed by atoms with E-state index in [9.17, 15) is 14.4 Å². The summed E-state index contributed by atoms with van der Waals surface area (Å²) < 4.78 is 3.79. The molecule has 0 saturated heterocycles. The summed E-state index contributed by atoms with van der Waals surface area (Å²) in [4.78, 5) is 43.2. The van der Waals surface area contributed by atoms with Gasteiger partial charge in [0.1, 0.15) is 6.33 Å². The second-order valence-corrected chi connectivity index (χ2v) is 7.43. The van der Waals surface area contributed by atoms with Crippen molar-refractivity contribution >= 4 is 17.1 Å². The van der Waals surface area contributed by atoms with Gasteiger partial charge in [-0.25, -0.2) is 9.78 Å². The molecule has 0 radical (unpaired) electrons. The fraction of sp³-hybridized carbons (Fsp3) is 0.400. The summed E-state index contributed by atoms with van der Waals surface area (Å²) in [7, 11) is 1.56. The van der Waals surface area contributed by atoms with Crippen molar-refractivity contribution in [3.05, 3.63) is 63.1 Å². The summed E-state index contributed by atoms with van der Waals surface area (Å²) in [5, 5.41) is 0. The van der Waals surface area contributed by atoms with Gasteiger partial charge in [0.05, 0.1) is 6.04 Å². The highest BCUT2D eigenvalue weighted by molar-refractivity contribution is 5.91. The van der Waals surface area contributed by atoms with E-state index in [0.29, 0.717) is 6.42 Å². The molecule has 0 bridgehead atoms. The Kier molecular flexibility index (Phi) is 4.63. The van der Waals surface area contributed by atoms with Crippen molar-refractivity contribution < 1.29 is 4.79 Å². The van der Waals surface area contributed by atoms with Crippen LogP contribution in [0.3, 0.4) is 0 Å². The van der Waals surface area contributed by atoms with Crippen molar-refractivity contribution in [1.29, 1.82) is 0 Å². The van der Waals surface area contributed by atoms with Gasteiger partial charge in [0, 0.05) is 12.5 Å². The summed E-state index contributed by atoms with van der Waals surface area (Å²) in [6.07, 6.45) is 1.95. The van der Waals surface area contributed by atoms with Gasteiger partial charge >= 0.3 is 5.69 Å². The van der Waals surface area contributed by atoms with E-state index in [1.54, 1.807) is 14.0 Å². The minimum atomic E-state index is -0.648. The molecule has 0 saturated carbocycles. The zero-order valence-electron chi connectivity index (χ0n) is 16.3. The maximum Gasteiger partial charge on any atom is 0.333 e. The topological polar surface area (TPSA) is 78.9 Å². The van der Waals surface area contributed by atoms with E-state index in [4.69, 9.17) is 0 Å². The lowest BCUT2D eigenvalue weighted by molar-refractivity contribution is 0.0744. The SMILES string of the molecule is CCC(C)(C)C(=O)n1cnc2c1c(=O)n(C(C)c1ccccc1)c(=O)n2C. The molecule has 0 N–H and O–H groups in total. The Morgan fingerprint density at radius 1 is 1.19 bits per heavy atom. The number of imidazole rings is 1. The molecular formula is C20H24N4O3. The number of aromatic nitrogens is 4. The Bertz CT molecular complexity index is 1120. The first-order valence-electron chi connectivity index (χ1n) is 8.99. The van der Waals surface area contributed by atoms with Gasteiger partial charge in [-0.1, -0.05) is 51.1 Å². The first kappa shape index (κ1) is 18.8. The Labute approximate surface area is 156 Å². The van der Waals surface area contributed by atoms with Gasteiger partial charge < -0.3 is 0 Å². The Balaban J connectivity index is 2.32. The molecule has 3 rings (SSSR count). The maximum absolute atomic E-state index is 13.3. The highest BCUT2D eigenvalue weighted by Gasteiger charge is 2.30. The van der Waals surface area contributed by atoms with Crippen LogP contribution in [0.1, 0.15) is 50.5 Å². The number of hydrogen-bond donors (Lipinski definition) is 0. The standard InChI is InChI=1S/C20H24N4O3/c1-6-20(3,4)18(26)23-12-21-16-15(23)17(25)24(19(27)22(16)5)13(2)14-10-8-7-9-11-14/h7-13H,6H2,1-5H3. The first-order chi connectivity index (χ1) is 12.7. The predicted molar refractivity (Wildman–Crippen MR) is 104 cm³/mol. The summed E-state index contributed by atoms with van der Waals surface area (Å²) in [5.74, 6) is -0.220. The van der Waals surface area contributed by atoms with Gasteiger partial charge in [0.2, 0.25) is 5.91 Å². The van der Waals surface area contributed by atoms with Gasteiger partial charge in [0.25, 0.3) is 5.56 Å². The lowest BCUT2D eigenvalue weighted by Gasteiger charge is -2.21. The number of nitrogens with zero attached hydrogens (tertiary/aromatic N) is 4. The second-order valence-electron chi connectivity index (χ2n) is 7.43. The molecule has 0 aliphatic heterocycles. The molecule has 0 aliphatic rings. The van der Waals surface area contributed by atoms with Gasteiger partial charge in [-0.3, -0.25) is 23.3 Å². The Morgan fingerprint density at radius 2 is 1.81 bits per heavy atom. The zero-order chi connectivity index (χ0) is 19.9. The average molecular weight is 368 g/mol. The van der Waals surface area contributed by atoms with Gasteiger partial charge in [0.15, 0.2) is 11.2 Å². The Hall–Kier alpha value is -2.96. The van der Waals surface area contributed by atoms with Crippen LogP contribution in [-0.4, -0.2) is 24.6 Å². The smallest absolute Gasteiger partial charge is 0.279 e. The maximum atomic E-state index is 13.3. The molecule has 0 aliphatic carbocycles. The molecule has 3 aromatic rings. The van der Waals surface area contributed by atoms with E-state index in [1.165, 1.54) is 20.0 Å². The van der Waals surface area contributed by atoms with Crippen molar-refractivity contribution in [3.63, 3.8) is 0 Å². The fourth-order valence-corrected chi connectivity index (χ4v) is 3.09. The Morgan fingerprint density at radius 3 is 2.41 bits per heavy atom. The molecule has 27 heavy (non-hydrogen) atoms. The number of aryl methyl sites for hydroxylation is 1. The van der Waals surface area contributed by atoms with Gasteiger partial charge in [-0.2, -0.15) is 0 Å². The third-order valence-electron chi connectivity index (χ3n) is 5.33. The van der Waals surface area contributed by atoms with E-state index < -0.39 is 22.7 Å². The molecule has 7 heteroatoms. The zero-order valence-corrected chi connectivity index (χ0v) is 16.3. The van der Waals surface area contributed by atoms with E-state index in [0.717, 1.165) is 5.56 Å². The number of benzene rings is 1. The highest BCUT2D eigenvalue weighted by Crippen LogP contribution is 2.24. The van der Waals surface area contributed by atoms with E-state index in [-0.39, 0.29) is 17.1 Å². The van der Waals surface area contributed by atoms with Crippen LogP contribution in [-0.2, 0) is 7.05 Å². The van der Waals surface area contributed by atoms with Gasteiger partial charge in [-0.15, -0.1) is 0 Å². The molecule has 1 atom stereocenters. The van der Waals surface area contributed by atoms with Crippen LogP contribution in [0, 0.1) is 5.41 Å². The monoisotopic (exact) mass is 368 g/mol. The van der Waals surface area contributed by atoms with Crippen molar-refractivity contribution in [2.75, 3.05) is 0 Å². The summed E-state index contributed by atoms with van der Waals surface area (Å²) >= 11 is 0. The minimum absolute atomic E-state index is 0.131. The van der Waals surface area contributed by atoms with E-state index >= 15 is 0 Å². The molecule has 1 unspecified atom stereocenters. The minimum Gasteiger partial charge on any atom is -0.279 e. The van der Waals surface area contributed by atoms with Gasteiger partial charge in [-0.05, 0) is 18.9 Å². The van der Waals surface area contributed by atoms with Crippen LogP contribution in [0.2, 0.25) is 0 Å². The molecule has 1 aromatic carbocycles. The molecule has 0 fully saturated rings. The van der Waals surface area contributed by atoms with E-state index in [1.807, 2.05) is 51.1 Å².